The molecule has 14 heavy (non-hydrogen) atoms. The Hall–Kier alpha value is -1.24. The highest BCUT2D eigenvalue weighted by Gasteiger charge is 1.98. The van der Waals surface area contributed by atoms with Crippen LogP contribution >= 0.6 is 0 Å². The third-order valence-corrected chi connectivity index (χ3v) is 2.09. The largest absolute Gasteiger partial charge is 0.349 e. The second kappa shape index (κ2) is 7.19. The molecule has 0 saturated carbocycles. The predicted molar refractivity (Wildman–Crippen MR) is 65.6 cm³/mol. The van der Waals surface area contributed by atoms with Crippen molar-refractivity contribution in [1.82, 2.24) is 0 Å². The summed E-state index contributed by atoms with van der Waals surface area (Å²) < 4.78 is 0. The highest BCUT2D eigenvalue weighted by atomic mass is 15.1. The Morgan fingerprint density at radius 3 is 2.07 bits per heavy atom. The molecule has 1 nitrogen and oxygen atoms in total. The number of hydrogen-bond acceptors (Lipinski definition) is 1. The summed E-state index contributed by atoms with van der Waals surface area (Å²) in [6.45, 7) is 8.15. The summed E-state index contributed by atoms with van der Waals surface area (Å²) in [5.41, 5.74) is 2.49. The predicted octanol–water partition coefficient (Wildman–Crippen LogP) is 4.07. The van der Waals surface area contributed by atoms with Gasteiger partial charge in [-0.3, -0.25) is 0 Å². The van der Waals surface area contributed by atoms with Gasteiger partial charge in [-0.1, -0.05) is 38.1 Å². The maximum absolute atomic E-state index is 2.17. The first kappa shape index (κ1) is 12.8. The Labute approximate surface area is 88.1 Å². The van der Waals surface area contributed by atoms with Crippen molar-refractivity contribution in [2.75, 3.05) is 11.9 Å². The number of anilines is 1. The zero-order valence-electron chi connectivity index (χ0n) is 9.91. The van der Waals surface area contributed by atoms with Crippen LogP contribution in [-0.4, -0.2) is 7.05 Å². The number of hydrogen-bond donors (Lipinski definition) is 0. The standard InChI is InChI=1S/C11H15N.C2H6/c1-4-10(2)12(3)11-8-6-5-7-9-11;1-2/h4-9H,1-3H3;1-2H3/b10-4-;. The average Bonchev–Trinajstić information content (AvgIpc) is 2.31. The minimum absolute atomic E-state index is 1.23. The van der Waals surface area contributed by atoms with Crippen molar-refractivity contribution in [3.63, 3.8) is 0 Å². The van der Waals surface area contributed by atoms with Gasteiger partial charge in [0.15, 0.2) is 0 Å². The lowest BCUT2D eigenvalue weighted by atomic mass is 10.3. The van der Waals surface area contributed by atoms with E-state index in [-0.39, 0.29) is 0 Å². The number of para-hydroxylation sites is 1. The lowest BCUT2D eigenvalue weighted by Crippen LogP contribution is -2.13. The van der Waals surface area contributed by atoms with Gasteiger partial charge in [0.05, 0.1) is 0 Å². The van der Waals surface area contributed by atoms with Crippen LogP contribution in [0.2, 0.25) is 0 Å². The summed E-state index contributed by atoms with van der Waals surface area (Å²) in [6.07, 6.45) is 2.10. The van der Waals surface area contributed by atoms with E-state index in [0.29, 0.717) is 0 Å². The second-order valence-corrected chi connectivity index (χ2v) is 2.82. The highest BCUT2D eigenvalue weighted by molar-refractivity contribution is 5.50. The number of allylic oxidation sites excluding steroid dienone is 2. The molecule has 0 aromatic heterocycles. The second-order valence-electron chi connectivity index (χ2n) is 2.82. The van der Waals surface area contributed by atoms with Crippen molar-refractivity contribution in [2.45, 2.75) is 27.7 Å². The Morgan fingerprint density at radius 1 is 1.14 bits per heavy atom. The van der Waals surface area contributed by atoms with Gasteiger partial charge in [-0.2, -0.15) is 0 Å². The summed E-state index contributed by atoms with van der Waals surface area (Å²) in [4.78, 5) is 2.17. The van der Waals surface area contributed by atoms with Gasteiger partial charge in [0.25, 0.3) is 0 Å². The van der Waals surface area contributed by atoms with Crippen LogP contribution in [0.3, 0.4) is 0 Å². The van der Waals surface area contributed by atoms with E-state index in [1.54, 1.807) is 0 Å². The number of benzene rings is 1. The summed E-state index contributed by atoms with van der Waals surface area (Å²) >= 11 is 0. The molecular weight excluding hydrogens is 170 g/mol. The van der Waals surface area contributed by atoms with E-state index < -0.39 is 0 Å². The summed E-state index contributed by atoms with van der Waals surface area (Å²) in [5, 5.41) is 0. The van der Waals surface area contributed by atoms with Gasteiger partial charge in [0.1, 0.15) is 0 Å². The monoisotopic (exact) mass is 191 g/mol. The Morgan fingerprint density at radius 2 is 1.64 bits per heavy atom. The maximum Gasteiger partial charge on any atom is 0.0405 e. The van der Waals surface area contributed by atoms with Crippen LogP contribution in [0, 0.1) is 0 Å². The number of nitrogens with zero attached hydrogens (tertiary/aromatic N) is 1. The minimum atomic E-state index is 1.23. The fourth-order valence-electron chi connectivity index (χ4n) is 1.05. The minimum Gasteiger partial charge on any atom is -0.349 e. The van der Waals surface area contributed by atoms with Crippen molar-refractivity contribution < 1.29 is 0 Å². The fourth-order valence-corrected chi connectivity index (χ4v) is 1.05. The fraction of sp³-hybridized carbons (Fsp3) is 0.385. The zero-order chi connectivity index (χ0) is 11.0. The summed E-state index contributed by atoms with van der Waals surface area (Å²) in [6, 6.07) is 10.3. The molecule has 0 unspecified atom stereocenters. The molecule has 0 saturated heterocycles. The molecule has 0 heterocycles. The summed E-state index contributed by atoms with van der Waals surface area (Å²) in [7, 11) is 2.07. The molecule has 0 N–H and O–H groups in total. The Kier molecular flexibility index (Phi) is 6.55. The molecule has 78 valence electrons. The van der Waals surface area contributed by atoms with E-state index >= 15 is 0 Å². The topological polar surface area (TPSA) is 3.24 Å². The van der Waals surface area contributed by atoms with E-state index in [1.165, 1.54) is 11.4 Å². The van der Waals surface area contributed by atoms with Gasteiger partial charge in [-0.25, -0.2) is 0 Å². The molecule has 0 fully saturated rings. The van der Waals surface area contributed by atoms with Crippen LogP contribution in [0.4, 0.5) is 5.69 Å². The molecule has 0 spiro atoms. The van der Waals surface area contributed by atoms with Gasteiger partial charge in [0.2, 0.25) is 0 Å². The van der Waals surface area contributed by atoms with E-state index in [4.69, 9.17) is 0 Å². The first-order valence-corrected chi connectivity index (χ1v) is 5.17. The zero-order valence-corrected chi connectivity index (χ0v) is 9.91. The van der Waals surface area contributed by atoms with Crippen LogP contribution in [0.5, 0.6) is 0 Å². The molecule has 0 aliphatic carbocycles. The van der Waals surface area contributed by atoms with E-state index in [1.807, 2.05) is 19.9 Å². The van der Waals surface area contributed by atoms with Crippen molar-refractivity contribution in [3.8, 4) is 0 Å². The lowest BCUT2D eigenvalue weighted by Gasteiger charge is -2.19. The lowest BCUT2D eigenvalue weighted by molar-refractivity contribution is 1.08. The van der Waals surface area contributed by atoms with Gasteiger partial charge >= 0.3 is 0 Å². The molecule has 0 aliphatic rings. The third kappa shape index (κ3) is 3.65. The van der Waals surface area contributed by atoms with Crippen LogP contribution < -0.4 is 4.90 Å². The Balaban J connectivity index is 0.000000791. The maximum atomic E-state index is 2.17. The van der Waals surface area contributed by atoms with Gasteiger partial charge in [0, 0.05) is 18.4 Å². The van der Waals surface area contributed by atoms with Gasteiger partial charge < -0.3 is 4.90 Å². The van der Waals surface area contributed by atoms with Crippen molar-refractivity contribution >= 4 is 5.69 Å². The molecule has 0 aliphatic heterocycles. The molecule has 1 rings (SSSR count). The van der Waals surface area contributed by atoms with E-state index in [2.05, 4.69) is 56.1 Å². The molecule has 1 heteroatoms. The Bertz CT molecular complexity index is 262. The smallest absolute Gasteiger partial charge is 0.0405 e. The average molecular weight is 191 g/mol. The highest BCUT2D eigenvalue weighted by Crippen LogP contribution is 2.15. The SMILES string of the molecule is C/C=C(/C)N(C)c1ccccc1.CC. The normalized spacial score (nSPS) is 10.2. The molecule has 0 amide bonds. The van der Waals surface area contributed by atoms with Crippen LogP contribution in [0.15, 0.2) is 42.1 Å². The first-order chi connectivity index (χ1) is 6.75. The van der Waals surface area contributed by atoms with E-state index in [9.17, 15) is 0 Å². The first-order valence-electron chi connectivity index (χ1n) is 5.17. The molecular formula is C13H21N. The van der Waals surface area contributed by atoms with Crippen molar-refractivity contribution in [1.29, 1.82) is 0 Å². The van der Waals surface area contributed by atoms with Crippen LogP contribution in [-0.2, 0) is 0 Å². The quantitative estimate of drug-likeness (QED) is 0.681. The molecule has 0 radical (unpaired) electrons. The van der Waals surface area contributed by atoms with Gasteiger partial charge in [-0.05, 0) is 26.0 Å². The molecule has 1 aromatic carbocycles. The third-order valence-electron chi connectivity index (χ3n) is 2.09. The molecule has 1 aromatic rings. The van der Waals surface area contributed by atoms with Crippen LogP contribution in [0.25, 0.3) is 0 Å². The van der Waals surface area contributed by atoms with Crippen LogP contribution in [0.1, 0.15) is 27.7 Å². The van der Waals surface area contributed by atoms with Crippen molar-refractivity contribution in [3.05, 3.63) is 42.1 Å². The number of rotatable bonds is 2. The van der Waals surface area contributed by atoms with Gasteiger partial charge in [-0.15, -0.1) is 0 Å². The molecule has 0 atom stereocenters. The summed E-state index contributed by atoms with van der Waals surface area (Å²) in [5.74, 6) is 0. The molecule has 0 bridgehead atoms. The van der Waals surface area contributed by atoms with Crippen molar-refractivity contribution in [2.24, 2.45) is 0 Å². The van der Waals surface area contributed by atoms with E-state index in [0.717, 1.165) is 0 Å².